The number of nitrogens with two attached hydrogens (primary N) is 1. The van der Waals surface area contributed by atoms with Crippen LogP contribution in [-0.2, 0) is 6.42 Å². The Labute approximate surface area is 134 Å². The maximum absolute atomic E-state index is 6.36. The standard InChI is InChI=1S/C18H28ClNO/c1-2-3-4-5-6-7-8-9-17(20)16-13-15(19)12-14-10-11-21-18(14)16/h12-13,17H,2-11,20H2,1H3. The summed E-state index contributed by atoms with van der Waals surface area (Å²) in [6.07, 6.45) is 11.2. The zero-order valence-corrected chi connectivity index (χ0v) is 13.9. The molecule has 0 aromatic heterocycles. The highest BCUT2D eigenvalue weighted by atomic mass is 35.5. The molecule has 1 atom stereocenters. The minimum absolute atomic E-state index is 0.0474. The van der Waals surface area contributed by atoms with Crippen LogP contribution in [0.2, 0.25) is 5.02 Å². The molecule has 1 aromatic carbocycles. The highest BCUT2D eigenvalue weighted by molar-refractivity contribution is 6.30. The van der Waals surface area contributed by atoms with Crippen LogP contribution in [-0.4, -0.2) is 6.61 Å². The van der Waals surface area contributed by atoms with Gasteiger partial charge in [-0.05, 0) is 24.1 Å². The molecule has 0 aliphatic carbocycles. The quantitative estimate of drug-likeness (QED) is 0.618. The predicted molar refractivity (Wildman–Crippen MR) is 90.2 cm³/mol. The second-order valence-electron chi connectivity index (χ2n) is 6.10. The van der Waals surface area contributed by atoms with Crippen molar-refractivity contribution in [3.8, 4) is 5.75 Å². The van der Waals surface area contributed by atoms with Crippen molar-refractivity contribution in [1.82, 2.24) is 0 Å². The van der Waals surface area contributed by atoms with Crippen LogP contribution in [0.5, 0.6) is 5.75 Å². The van der Waals surface area contributed by atoms with Crippen LogP contribution < -0.4 is 10.5 Å². The Kier molecular flexibility index (Phi) is 6.85. The Morgan fingerprint density at radius 1 is 1.14 bits per heavy atom. The molecule has 1 heterocycles. The van der Waals surface area contributed by atoms with E-state index in [1.54, 1.807) is 0 Å². The smallest absolute Gasteiger partial charge is 0.127 e. The number of halogens is 1. The summed E-state index contributed by atoms with van der Waals surface area (Å²) in [4.78, 5) is 0. The molecule has 1 unspecified atom stereocenters. The maximum Gasteiger partial charge on any atom is 0.127 e. The molecule has 0 fully saturated rings. The van der Waals surface area contributed by atoms with E-state index < -0.39 is 0 Å². The van der Waals surface area contributed by atoms with Gasteiger partial charge in [0.25, 0.3) is 0 Å². The third kappa shape index (κ3) is 4.89. The van der Waals surface area contributed by atoms with Gasteiger partial charge in [0.1, 0.15) is 5.75 Å². The average Bonchev–Trinajstić information content (AvgIpc) is 2.93. The fourth-order valence-electron chi connectivity index (χ4n) is 3.05. The van der Waals surface area contributed by atoms with E-state index in [9.17, 15) is 0 Å². The molecule has 0 saturated heterocycles. The van der Waals surface area contributed by atoms with Crippen molar-refractivity contribution in [2.45, 2.75) is 70.8 Å². The van der Waals surface area contributed by atoms with Crippen LogP contribution in [0.25, 0.3) is 0 Å². The van der Waals surface area contributed by atoms with Crippen LogP contribution >= 0.6 is 11.6 Å². The van der Waals surface area contributed by atoms with Crippen molar-refractivity contribution in [2.75, 3.05) is 6.61 Å². The highest BCUT2D eigenvalue weighted by Gasteiger charge is 2.21. The van der Waals surface area contributed by atoms with Crippen molar-refractivity contribution in [2.24, 2.45) is 5.73 Å². The largest absolute Gasteiger partial charge is 0.493 e. The maximum atomic E-state index is 6.36. The summed E-state index contributed by atoms with van der Waals surface area (Å²) >= 11 is 6.19. The highest BCUT2D eigenvalue weighted by Crippen LogP contribution is 2.37. The van der Waals surface area contributed by atoms with Crippen LogP contribution in [0.15, 0.2) is 12.1 Å². The summed E-state index contributed by atoms with van der Waals surface area (Å²) < 4.78 is 5.74. The van der Waals surface area contributed by atoms with Gasteiger partial charge in [-0.15, -0.1) is 0 Å². The zero-order chi connectivity index (χ0) is 15.1. The number of rotatable bonds is 9. The van der Waals surface area contributed by atoms with E-state index in [1.165, 1.54) is 50.5 Å². The van der Waals surface area contributed by atoms with Gasteiger partial charge in [-0.2, -0.15) is 0 Å². The SMILES string of the molecule is CCCCCCCCCC(N)c1cc(Cl)cc2c1OCC2. The van der Waals surface area contributed by atoms with Gasteiger partial charge < -0.3 is 10.5 Å². The molecule has 3 heteroatoms. The van der Waals surface area contributed by atoms with E-state index in [-0.39, 0.29) is 6.04 Å². The van der Waals surface area contributed by atoms with E-state index in [2.05, 4.69) is 6.92 Å². The minimum atomic E-state index is 0.0474. The summed E-state index contributed by atoms with van der Waals surface area (Å²) in [5.41, 5.74) is 8.67. The molecule has 1 aliphatic rings. The van der Waals surface area contributed by atoms with Crippen molar-refractivity contribution < 1.29 is 4.74 Å². The lowest BCUT2D eigenvalue weighted by molar-refractivity contribution is 0.350. The van der Waals surface area contributed by atoms with E-state index in [0.717, 1.165) is 35.8 Å². The predicted octanol–water partition coefficient (Wildman–Crippen LogP) is 5.42. The molecule has 2 nitrogen and oxygen atoms in total. The van der Waals surface area contributed by atoms with Crippen LogP contribution in [0.1, 0.15) is 75.5 Å². The monoisotopic (exact) mass is 309 g/mol. The van der Waals surface area contributed by atoms with E-state index >= 15 is 0 Å². The van der Waals surface area contributed by atoms with E-state index in [0.29, 0.717) is 0 Å². The number of benzene rings is 1. The van der Waals surface area contributed by atoms with Gasteiger partial charge in [0, 0.05) is 23.0 Å². The lowest BCUT2D eigenvalue weighted by Crippen LogP contribution is -2.11. The van der Waals surface area contributed by atoms with Crippen molar-refractivity contribution in [3.63, 3.8) is 0 Å². The molecule has 1 aliphatic heterocycles. The Hall–Kier alpha value is -0.730. The third-order valence-electron chi connectivity index (χ3n) is 4.30. The molecule has 0 radical (unpaired) electrons. The lowest BCUT2D eigenvalue weighted by atomic mass is 9.97. The normalized spacial score (nSPS) is 14.8. The second kappa shape index (κ2) is 8.65. The van der Waals surface area contributed by atoms with Gasteiger partial charge in [-0.25, -0.2) is 0 Å². The number of unbranched alkanes of at least 4 members (excludes halogenated alkanes) is 6. The van der Waals surface area contributed by atoms with Crippen LogP contribution in [0, 0.1) is 0 Å². The lowest BCUT2D eigenvalue weighted by Gasteiger charge is -2.16. The number of hydrogen-bond donors (Lipinski definition) is 1. The van der Waals surface area contributed by atoms with Crippen molar-refractivity contribution in [3.05, 3.63) is 28.3 Å². The topological polar surface area (TPSA) is 35.2 Å². The van der Waals surface area contributed by atoms with Gasteiger partial charge in [-0.3, -0.25) is 0 Å². The second-order valence-corrected chi connectivity index (χ2v) is 6.53. The first-order valence-corrected chi connectivity index (χ1v) is 8.81. The molecular formula is C18H28ClNO. The van der Waals surface area contributed by atoms with Crippen LogP contribution in [0.4, 0.5) is 0 Å². The molecule has 1 aromatic rings. The summed E-state index contributed by atoms with van der Waals surface area (Å²) in [6, 6.07) is 4.04. The van der Waals surface area contributed by atoms with Crippen molar-refractivity contribution >= 4 is 11.6 Å². The molecule has 2 N–H and O–H groups in total. The Balaban J connectivity index is 1.77. The van der Waals surface area contributed by atoms with E-state index in [4.69, 9.17) is 22.1 Å². The zero-order valence-electron chi connectivity index (χ0n) is 13.2. The Bertz CT molecular complexity index is 447. The summed E-state index contributed by atoms with van der Waals surface area (Å²) in [5, 5.41) is 0.782. The molecule has 0 spiro atoms. The van der Waals surface area contributed by atoms with Gasteiger partial charge in [0.15, 0.2) is 0 Å². The first kappa shape index (κ1) is 16.6. The average molecular weight is 310 g/mol. The fourth-order valence-corrected chi connectivity index (χ4v) is 3.30. The molecule has 0 amide bonds. The summed E-state index contributed by atoms with van der Waals surface area (Å²) in [5.74, 6) is 0.995. The fraction of sp³-hybridized carbons (Fsp3) is 0.667. The number of fused-ring (bicyclic) bond motifs is 1. The Morgan fingerprint density at radius 2 is 1.86 bits per heavy atom. The van der Waals surface area contributed by atoms with E-state index in [1.807, 2.05) is 12.1 Å². The molecule has 21 heavy (non-hydrogen) atoms. The third-order valence-corrected chi connectivity index (χ3v) is 4.51. The molecule has 0 bridgehead atoms. The van der Waals surface area contributed by atoms with Gasteiger partial charge in [0.2, 0.25) is 0 Å². The number of hydrogen-bond acceptors (Lipinski definition) is 2. The molecular weight excluding hydrogens is 282 g/mol. The minimum Gasteiger partial charge on any atom is -0.493 e. The molecule has 0 saturated carbocycles. The van der Waals surface area contributed by atoms with Gasteiger partial charge in [0.05, 0.1) is 6.61 Å². The molecule has 2 rings (SSSR count). The number of ether oxygens (including phenoxy) is 1. The van der Waals surface area contributed by atoms with Crippen LogP contribution in [0.3, 0.4) is 0 Å². The van der Waals surface area contributed by atoms with Crippen molar-refractivity contribution in [1.29, 1.82) is 0 Å². The summed E-state index contributed by atoms with van der Waals surface area (Å²) in [7, 11) is 0. The Morgan fingerprint density at radius 3 is 2.62 bits per heavy atom. The van der Waals surface area contributed by atoms with Gasteiger partial charge in [-0.1, -0.05) is 63.5 Å². The molecule has 118 valence electrons. The first-order chi connectivity index (χ1) is 10.2. The first-order valence-electron chi connectivity index (χ1n) is 8.43. The summed E-state index contributed by atoms with van der Waals surface area (Å²) in [6.45, 7) is 3.01. The van der Waals surface area contributed by atoms with Gasteiger partial charge >= 0.3 is 0 Å².